The van der Waals surface area contributed by atoms with Crippen LogP contribution in [0.25, 0.3) is 66.8 Å². The molecule has 3 aliphatic carbocycles. The molecule has 4 bridgehead atoms. The van der Waals surface area contributed by atoms with Gasteiger partial charge in [0.1, 0.15) is 18.0 Å². The smallest absolute Gasteiger partial charge is 0.404 e. The number of aliphatic hydroxyl groups excluding tert-OH is 2. The van der Waals surface area contributed by atoms with Gasteiger partial charge in [0, 0.05) is 80.7 Å². The summed E-state index contributed by atoms with van der Waals surface area (Å²) in [7, 11) is 11.2. The number of primary amides is 2. The number of ether oxygens (including phenoxy) is 5. The van der Waals surface area contributed by atoms with E-state index in [1.54, 1.807) is 36.7 Å². The number of methoxy groups -OCH3 is 3. The number of benzene rings is 2. The largest absolute Gasteiger partial charge is 0.491 e. The van der Waals surface area contributed by atoms with E-state index in [2.05, 4.69) is 76.6 Å². The molecule has 3 unspecified atom stereocenters. The first-order valence-electron chi connectivity index (χ1n) is 28.1. The standard InChI is InChI=1S/C30H37N5O4.C25H30N8O3.2C2H5NO2/c1-30(2)26-23(25-27(30)34(4)29(38)35(25)19-8-6-7-9-19)22(18-12-10-17(11-13-18)14-20(37)16-36)24(31-26)21-15-33(3)32-28(21)39-5;1-13-12-35-16-7-4-14(5-8-16)19-20-22-18(11-28-24(20)29-21(19)23(26)30-32(3)27)31(2)25(34)33(22)15-6-9-17(10-15)36-13;2*1-5-2(3)4/h10-13,15,19-20,31,36-37H,6-9,14,16H2,1-5H3;4-5,7-8,11,13,15,17H,6,9-10,12,27H2,1-3H3,(H2,26,30)(H,28,29);2*1H3,(H2,3,4)/t;13?,15?,17-;;/m.0../s1. The van der Waals surface area contributed by atoms with E-state index < -0.39 is 23.7 Å². The summed E-state index contributed by atoms with van der Waals surface area (Å²) in [4.78, 5) is 57.9. The molecule has 2 fully saturated rings. The number of nitrogens with zero attached hydrogens (tertiary/aromatic N) is 9. The summed E-state index contributed by atoms with van der Waals surface area (Å²) < 4.78 is 35.0. The molecular formula is C59H77N15O11. The molecule has 2 saturated carbocycles. The molecule has 8 heterocycles. The third-order valence-electron chi connectivity index (χ3n) is 16.2. The number of fused-ring (bicyclic) bond motifs is 8. The Morgan fingerprint density at radius 1 is 0.871 bits per heavy atom. The molecule has 85 heavy (non-hydrogen) atoms. The van der Waals surface area contributed by atoms with Gasteiger partial charge in [-0.3, -0.25) is 23.0 Å². The summed E-state index contributed by atoms with van der Waals surface area (Å²) in [5.74, 6) is 7.27. The highest BCUT2D eigenvalue weighted by Gasteiger charge is 2.47. The fourth-order valence-corrected chi connectivity index (χ4v) is 12.4. The maximum Gasteiger partial charge on any atom is 0.404 e. The number of aryl methyl sites for hydroxylation is 2. The summed E-state index contributed by atoms with van der Waals surface area (Å²) in [6.45, 7) is 6.55. The lowest BCUT2D eigenvalue weighted by atomic mass is 9.89. The van der Waals surface area contributed by atoms with Crippen molar-refractivity contribution < 1.29 is 43.5 Å². The van der Waals surface area contributed by atoms with Gasteiger partial charge in [-0.15, -0.1) is 10.2 Å². The molecule has 26 heteroatoms. The summed E-state index contributed by atoms with van der Waals surface area (Å²) in [6.07, 6.45) is 8.56. The number of aromatic nitrogens is 9. The number of carbonyl (C=O) groups excluding carboxylic acids is 2. The fourth-order valence-electron chi connectivity index (χ4n) is 12.4. The predicted molar refractivity (Wildman–Crippen MR) is 321 cm³/mol. The Bertz CT molecular complexity index is 3880. The lowest BCUT2D eigenvalue weighted by Crippen LogP contribution is -2.29. The molecule has 0 spiro atoms. The number of aromatic amines is 2. The Morgan fingerprint density at radius 2 is 1.49 bits per heavy atom. The predicted octanol–water partition coefficient (Wildman–Crippen LogP) is 5.53. The van der Waals surface area contributed by atoms with E-state index >= 15 is 0 Å². The summed E-state index contributed by atoms with van der Waals surface area (Å²) in [6, 6.07) is 16.1. The molecule has 6 aromatic heterocycles. The molecule has 454 valence electrons. The van der Waals surface area contributed by atoms with Crippen molar-refractivity contribution in [2.75, 3.05) is 41.6 Å². The van der Waals surface area contributed by atoms with E-state index in [1.807, 2.05) is 72.7 Å². The van der Waals surface area contributed by atoms with Crippen LogP contribution in [0.3, 0.4) is 0 Å². The number of aliphatic hydroxyl groups is 2. The second-order valence-electron chi connectivity index (χ2n) is 22.3. The van der Waals surface area contributed by atoms with Gasteiger partial charge < -0.3 is 61.1 Å². The first-order valence-corrected chi connectivity index (χ1v) is 28.1. The molecule has 2 aliphatic heterocycles. The number of rotatable bonds is 9. The SMILES string of the molecule is CC1COc2ccc(cc2)-c2c(/C(N)=N/N(C)N)[nH]c3ncc4c(c23)n(c(=O)n4C)C2CC[C@@H](C2)O1.COC(N)=O.COC(N)=O.COc1nn(C)cc1-c1[nH]c2c(c1-c1ccc(CC(O)CO)cc1)-c1c(n(C)c(=O)n1C1CCCC1)C2(C)C. The average molecular weight is 1170 g/mol. The van der Waals surface area contributed by atoms with Crippen molar-refractivity contribution in [3.63, 3.8) is 0 Å². The third-order valence-corrected chi connectivity index (χ3v) is 16.2. The highest BCUT2D eigenvalue weighted by atomic mass is 16.5. The summed E-state index contributed by atoms with van der Waals surface area (Å²) >= 11 is 0. The van der Waals surface area contributed by atoms with Crippen LogP contribution in [-0.2, 0) is 47.2 Å². The number of imidazole rings is 2. The Kier molecular flexibility index (Phi) is 17.7. The number of amides is 2. The average Bonchev–Trinajstić information content (AvgIpc) is 1.57. The lowest BCUT2D eigenvalue weighted by Gasteiger charge is -2.20. The van der Waals surface area contributed by atoms with Crippen LogP contribution in [0.4, 0.5) is 9.59 Å². The van der Waals surface area contributed by atoms with Crippen LogP contribution in [0.5, 0.6) is 11.6 Å². The van der Waals surface area contributed by atoms with Crippen LogP contribution in [0, 0.1) is 0 Å². The Morgan fingerprint density at radius 3 is 2.11 bits per heavy atom. The first-order chi connectivity index (χ1) is 40.5. The van der Waals surface area contributed by atoms with Gasteiger partial charge >= 0.3 is 23.6 Å². The van der Waals surface area contributed by atoms with Gasteiger partial charge in [-0.2, -0.15) is 0 Å². The minimum absolute atomic E-state index is 0.00391. The Hall–Kier alpha value is -8.85. The van der Waals surface area contributed by atoms with E-state index in [0.29, 0.717) is 30.2 Å². The topological polar surface area (TPSA) is 357 Å². The van der Waals surface area contributed by atoms with Gasteiger partial charge in [0.15, 0.2) is 5.84 Å². The van der Waals surface area contributed by atoms with Crippen molar-refractivity contribution in [2.45, 2.75) is 108 Å². The number of pyridine rings is 1. The van der Waals surface area contributed by atoms with E-state index in [-0.39, 0.29) is 48.1 Å². The van der Waals surface area contributed by atoms with Crippen LogP contribution < -0.4 is 43.9 Å². The highest BCUT2D eigenvalue weighted by Crippen LogP contribution is 2.56. The van der Waals surface area contributed by atoms with E-state index in [4.69, 9.17) is 25.8 Å². The molecule has 8 aromatic rings. The van der Waals surface area contributed by atoms with E-state index in [0.717, 1.165) is 129 Å². The number of hydrogen-bond donors (Lipinski definition) is 8. The molecule has 4 atom stereocenters. The first kappa shape index (κ1) is 60.7. The number of hydrogen-bond acceptors (Lipinski definition) is 16. The number of H-pyrrole nitrogens is 2. The molecule has 0 radical (unpaired) electrons. The number of nitrogens with one attached hydrogen (secondary N) is 2. The Labute approximate surface area is 489 Å². The number of nitrogens with two attached hydrogens (primary N) is 4. The van der Waals surface area contributed by atoms with Crippen molar-refractivity contribution >= 4 is 40.1 Å². The van der Waals surface area contributed by atoms with Crippen molar-refractivity contribution in [2.24, 2.45) is 49.3 Å². The van der Waals surface area contributed by atoms with Gasteiger partial charge in [-0.25, -0.2) is 35.1 Å². The van der Waals surface area contributed by atoms with Crippen LogP contribution in [0.2, 0.25) is 0 Å². The van der Waals surface area contributed by atoms with Crippen LogP contribution in [0.15, 0.2) is 75.6 Å². The van der Waals surface area contributed by atoms with Crippen molar-refractivity contribution in [3.8, 4) is 56.4 Å². The van der Waals surface area contributed by atoms with Gasteiger partial charge in [0.05, 0.1) is 97.2 Å². The van der Waals surface area contributed by atoms with Gasteiger partial charge in [-0.05, 0) is 81.7 Å². The monoisotopic (exact) mass is 1170 g/mol. The molecule has 12 N–H and O–H groups in total. The van der Waals surface area contributed by atoms with Crippen LogP contribution >= 0.6 is 0 Å². The molecule has 13 rings (SSSR count). The van der Waals surface area contributed by atoms with Crippen molar-refractivity contribution in [3.05, 3.63) is 105 Å². The molecule has 26 nitrogen and oxygen atoms in total. The fraction of sp³-hybridized carbons (Fsp3) is 0.441. The normalized spacial score (nSPS) is 18.0. The van der Waals surface area contributed by atoms with E-state index in [9.17, 15) is 29.4 Å². The van der Waals surface area contributed by atoms with Crippen molar-refractivity contribution in [1.29, 1.82) is 0 Å². The van der Waals surface area contributed by atoms with Gasteiger partial charge in [0.2, 0.25) is 5.88 Å². The zero-order valence-corrected chi connectivity index (χ0v) is 49.6. The second-order valence-corrected chi connectivity index (χ2v) is 22.3. The zero-order chi connectivity index (χ0) is 61.3. The zero-order valence-electron chi connectivity index (χ0n) is 49.6. The second kappa shape index (κ2) is 24.8. The quantitative estimate of drug-likeness (QED) is 0.0381. The number of amidine groups is 1. The maximum absolute atomic E-state index is 13.7. The summed E-state index contributed by atoms with van der Waals surface area (Å²) in [5.41, 5.74) is 28.2. The highest BCUT2D eigenvalue weighted by molar-refractivity contribution is 6.17. The molecule has 2 amide bonds. The number of hydrazone groups is 1. The Balaban J connectivity index is 0.000000176. The number of hydrazine groups is 1. The molecular weight excluding hydrogens is 1090 g/mol. The minimum atomic E-state index is -0.795. The van der Waals surface area contributed by atoms with Gasteiger partial charge in [-0.1, -0.05) is 49.2 Å². The molecule has 0 saturated heterocycles. The summed E-state index contributed by atoms with van der Waals surface area (Å²) in [5, 5.41) is 30.0. The van der Waals surface area contributed by atoms with Crippen molar-refractivity contribution in [1.82, 2.24) is 48.1 Å². The van der Waals surface area contributed by atoms with Gasteiger partial charge in [0.25, 0.3) is 0 Å². The number of carbonyl (C=O) groups is 2. The van der Waals surface area contributed by atoms with Crippen LogP contribution in [0.1, 0.15) is 100 Å². The van der Waals surface area contributed by atoms with E-state index in [1.165, 1.54) is 19.3 Å². The molecule has 2 aromatic carbocycles. The third kappa shape index (κ3) is 11.7. The van der Waals surface area contributed by atoms with Crippen LogP contribution in [-0.4, -0.2) is 136 Å². The minimum Gasteiger partial charge on any atom is -0.491 e. The maximum atomic E-state index is 13.7. The molecule has 5 aliphatic rings. The lowest BCUT2D eigenvalue weighted by molar-refractivity contribution is -0.0215.